The minimum atomic E-state index is -0.851. The summed E-state index contributed by atoms with van der Waals surface area (Å²) >= 11 is 0. The molecule has 1 saturated carbocycles. The number of aliphatic carboxylic acids is 1. The lowest BCUT2D eigenvalue weighted by Crippen LogP contribution is -2.37. The van der Waals surface area contributed by atoms with E-state index in [9.17, 15) is 9.90 Å². The maximum atomic E-state index is 11.5. The second-order valence-electron chi connectivity index (χ2n) is 8.51. The summed E-state index contributed by atoms with van der Waals surface area (Å²) in [4.78, 5) is 27.0. The van der Waals surface area contributed by atoms with E-state index in [0.29, 0.717) is 36.4 Å². The summed E-state index contributed by atoms with van der Waals surface area (Å²) in [6, 6.07) is 0. The number of anilines is 1. The number of carbonyl (C=O) groups is 1. The van der Waals surface area contributed by atoms with Gasteiger partial charge in [0.15, 0.2) is 11.5 Å². The van der Waals surface area contributed by atoms with E-state index in [0.717, 1.165) is 38.3 Å². The number of rotatable bonds is 9. The molecule has 1 atom stereocenters. The Labute approximate surface area is 182 Å². The normalized spacial score (nSPS) is 18.8. The lowest BCUT2D eigenvalue weighted by atomic mass is 9.84. The van der Waals surface area contributed by atoms with Gasteiger partial charge in [-0.3, -0.25) is 4.79 Å². The molecule has 0 bridgehead atoms. The van der Waals surface area contributed by atoms with Crippen LogP contribution in [0.3, 0.4) is 0 Å². The van der Waals surface area contributed by atoms with Gasteiger partial charge in [-0.2, -0.15) is 4.98 Å². The Hall–Kier alpha value is -2.55. The van der Waals surface area contributed by atoms with E-state index in [-0.39, 0.29) is 12.3 Å². The smallest absolute Gasteiger partial charge is 0.304 e. The average molecular weight is 430 g/mol. The van der Waals surface area contributed by atoms with Crippen molar-refractivity contribution in [2.75, 3.05) is 31.2 Å². The van der Waals surface area contributed by atoms with Crippen LogP contribution < -0.4 is 4.90 Å². The average Bonchev–Trinajstić information content (AvgIpc) is 3.30. The van der Waals surface area contributed by atoms with E-state index in [1.165, 1.54) is 32.1 Å². The molecule has 1 aliphatic heterocycles. The maximum Gasteiger partial charge on any atom is 0.304 e. The molecule has 0 amide bonds. The third kappa shape index (κ3) is 5.78. The molecule has 2 aliphatic rings. The highest BCUT2D eigenvalue weighted by atomic mass is 16.5. The van der Waals surface area contributed by atoms with Crippen LogP contribution in [0.5, 0.6) is 0 Å². The van der Waals surface area contributed by atoms with Crippen molar-refractivity contribution in [2.45, 2.75) is 63.7 Å². The zero-order chi connectivity index (χ0) is 21.5. The van der Waals surface area contributed by atoms with Crippen LogP contribution in [0, 0.1) is 5.92 Å². The highest BCUT2D eigenvalue weighted by Crippen LogP contribution is 2.32. The molecule has 4 rings (SSSR count). The monoisotopic (exact) mass is 429 g/mol. The van der Waals surface area contributed by atoms with Crippen molar-refractivity contribution in [1.82, 2.24) is 20.1 Å². The van der Waals surface area contributed by atoms with Crippen molar-refractivity contribution < 1.29 is 19.2 Å². The van der Waals surface area contributed by atoms with E-state index in [2.05, 4.69) is 25.0 Å². The zero-order valence-corrected chi connectivity index (χ0v) is 17.9. The number of hydrogen-bond acceptors (Lipinski definition) is 8. The maximum absolute atomic E-state index is 11.5. The van der Waals surface area contributed by atoms with Crippen LogP contribution in [0.4, 0.5) is 5.82 Å². The van der Waals surface area contributed by atoms with Gasteiger partial charge in [-0.25, -0.2) is 9.97 Å². The number of carboxylic acid groups (broad SMARTS) is 1. The summed E-state index contributed by atoms with van der Waals surface area (Å²) in [6.07, 6.45) is 12.7. The molecule has 1 N–H and O–H groups in total. The first-order chi connectivity index (χ1) is 15.2. The van der Waals surface area contributed by atoms with E-state index < -0.39 is 5.97 Å². The Bertz CT molecular complexity index is 846. The van der Waals surface area contributed by atoms with Crippen molar-refractivity contribution in [3.8, 4) is 11.5 Å². The molecular weight excluding hydrogens is 398 g/mol. The molecule has 0 aromatic carbocycles. The minimum Gasteiger partial charge on any atom is -0.481 e. The van der Waals surface area contributed by atoms with Gasteiger partial charge in [0, 0.05) is 31.4 Å². The van der Waals surface area contributed by atoms with Gasteiger partial charge < -0.3 is 19.3 Å². The molecule has 2 fully saturated rings. The quantitative estimate of drug-likeness (QED) is 0.637. The van der Waals surface area contributed by atoms with Gasteiger partial charge in [0.25, 0.3) is 0 Å². The predicted octanol–water partition coefficient (Wildman–Crippen LogP) is 3.67. The van der Waals surface area contributed by atoms with Crippen LogP contribution >= 0.6 is 0 Å². The van der Waals surface area contributed by atoms with Crippen molar-refractivity contribution in [3.63, 3.8) is 0 Å². The summed E-state index contributed by atoms with van der Waals surface area (Å²) in [6.45, 7) is 2.71. The minimum absolute atomic E-state index is 0.0108. The van der Waals surface area contributed by atoms with Gasteiger partial charge in [-0.15, -0.1) is 0 Å². The summed E-state index contributed by atoms with van der Waals surface area (Å²) in [5, 5.41) is 13.5. The molecule has 0 radical (unpaired) electrons. The van der Waals surface area contributed by atoms with Crippen molar-refractivity contribution in [1.29, 1.82) is 0 Å². The Morgan fingerprint density at radius 1 is 1.16 bits per heavy atom. The lowest BCUT2D eigenvalue weighted by molar-refractivity contribution is -0.137. The largest absolute Gasteiger partial charge is 0.481 e. The Kier molecular flexibility index (Phi) is 7.45. The summed E-state index contributed by atoms with van der Waals surface area (Å²) in [5.41, 5.74) is 0.552. The van der Waals surface area contributed by atoms with Gasteiger partial charge in [0.1, 0.15) is 0 Å². The fourth-order valence-corrected chi connectivity index (χ4v) is 4.64. The Morgan fingerprint density at radius 2 is 1.94 bits per heavy atom. The highest BCUT2D eigenvalue weighted by Gasteiger charge is 2.26. The molecule has 9 heteroatoms. The highest BCUT2D eigenvalue weighted by molar-refractivity contribution is 5.68. The van der Waals surface area contributed by atoms with Crippen molar-refractivity contribution >= 4 is 11.8 Å². The van der Waals surface area contributed by atoms with Crippen LogP contribution in [0.2, 0.25) is 0 Å². The molecule has 1 aliphatic carbocycles. The summed E-state index contributed by atoms with van der Waals surface area (Å²) in [7, 11) is 0. The van der Waals surface area contributed by atoms with Crippen LogP contribution in [0.25, 0.3) is 11.5 Å². The van der Waals surface area contributed by atoms with Gasteiger partial charge >= 0.3 is 5.97 Å². The molecule has 1 saturated heterocycles. The fraction of sp³-hybridized carbons (Fsp3) is 0.682. The topological polar surface area (TPSA) is 114 Å². The molecule has 0 spiro atoms. The molecule has 0 unspecified atom stereocenters. The molecule has 2 aromatic rings. The SMILES string of the molecule is O=C(O)C[C@@H](CCCC1CCCCC1)c1nc(-c2nccnc2N2CCOCC2)no1. The Balaban J connectivity index is 1.46. The molecular formula is C22H31N5O4. The van der Waals surface area contributed by atoms with Crippen LogP contribution in [-0.4, -0.2) is 57.5 Å². The van der Waals surface area contributed by atoms with Crippen molar-refractivity contribution in [3.05, 3.63) is 18.3 Å². The number of aromatic nitrogens is 4. The van der Waals surface area contributed by atoms with E-state index in [4.69, 9.17) is 9.26 Å². The molecule has 168 valence electrons. The number of morpholine rings is 1. The predicted molar refractivity (Wildman–Crippen MR) is 114 cm³/mol. The first-order valence-corrected chi connectivity index (χ1v) is 11.4. The fourth-order valence-electron chi connectivity index (χ4n) is 4.64. The molecule has 31 heavy (non-hydrogen) atoms. The van der Waals surface area contributed by atoms with Crippen molar-refractivity contribution in [2.24, 2.45) is 5.92 Å². The number of carboxylic acids is 1. The molecule has 9 nitrogen and oxygen atoms in total. The van der Waals surface area contributed by atoms with Gasteiger partial charge in [0.2, 0.25) is 11.7 Å². The molecule has 3 heterocycles. The molecule has 2 aromatic heterocycles. The first kappa shape index (κ1) is 21.7. The number of hydrogen-bond donors (Lipinski definition) is 1. The van der Waals surface area contributed by atoms with Crippen LogP contribution in [-0.2, 0) is 9.53 Å². The Morgan fingerprint density at radius 3 is 2.71 bits per heavy atom. The van der Waals surface area contributed by atoms with E-state index in [1.807, 2.05) is 0 Å². The lowest BCUT2D eigenvalue weighted by Gasteiger charge is -2.28. The second kappa shape index (κ2) is 10.7. The third-order valence-electron chi connectivity index (χ3n) is 6.30. The van der Waals surface area contributed by atoms with Crippen LogP contribution in [0.1, 0.15) is 69.6 Å². The summed E-state index contributed by atoms with van der Waals surface area (Å²) < 4.78 is 11.0. The third-order valence-corrected chi connectivity index (χ3v) is 6.30. The number of nitrogens with zero attached hydrogens (tertiary/aromatic N) is 5. The van der Waals surface area contributed by atoms with Crippen LogP contribution in [0.15, 0.2) is 16.9 Å². The standard InChI is InChI=1S/C22H31N5O4/c28-18(29)15-17(8-4-7-16-5-2-1-3-6-16)22-25-20(26-31-22)19-21(24-10-9-23-19)27-11-13-30-14-12-27/h9-10,16-17H,1-8,11-15H2,(H,28,29)/t17-/m1/s1. The van der Waals surface area contributed by atoms with Gasteiger partial charge in [-0.1, -0.05) is 50.1 Å². The number of ether oxygens (including phenoxy) is 1. The van der Waals surface area contributed by atoms with Gasteiger partial charge in [0.05, 0.1) is 19.6 Å². The zero-order valence-electron chi connectivity index (χ0n) is 17.9. The first-order valence-electron chi connectivity index (χ1n) is 11.4. The summed E-state index contributed by atoms with van der Waals surface area (Å²) in [5.74, 6) is 1.06. The van der Waals surface area contributed by atoms with E-state index >= 15 is 0 Å². The second-order valence-corrected chi connectivity index (χ2v) is 8.51. The van der Waals surface area contributed by atoms with E-state index in [1.54, 1.807) is 12.4 Å². The van der Waals surface area contributed by atoms with Gasteiger partial charge in [-0.05, 0) is 12.3 Å².